The zero-order valence-corrected chi connectivity index (χ0v) is 4.26. The third-order valence-electron chi connectivity index (χ3n) is 1.07. The quantitative estimate of drug-likeness (QED) is 0.432. The van der Waals surface area contributed by atoms with Crippen LogP contribution >= 0.6 is 0 Å². The first-order valence-electron chi connectivity index (χ1n) is 2.34. The minimum Gasteiger partial charge on any atom is -0.372 e. The van der Waals surface area contributed by atoms with E-state index in [4.69, 9.17) is 5.26 Å². The number of nitrogens with zero attached hydrogens (tertiary/aromatic N) is 1. The molecule has 0 N–H and O–H groups in total. The van der Waals surface area contributed by atoms with Crippen molar-refractivity contribution >= 4 is 5.78 Å². The molecule has 42 valence electrons. The zero-order chi connectivity index (χ0) is 5.98. The molecule has 1 atom stereocenters. The number of carbonyl (C=O) groups excluding carboxylic acids is 1. The monoisotopic (exact) mass is 111 g/mol. The predicted molar refractivity (Wildman–Crippen MR) is 24.9 cm³/mol. The molecule has 3 heteroatoms. The van der Waals surface area contributed by atoms with Gasteiger partial charge < -0.3 is 4.74 Å². The van der Waals surface area contributed by atoms with Crippen LogP contribution in [0.2, 0.25) is 0 Å². The summed E-state index contributed by atoms with van der Waals surface area (Å²) in [6, 6.07) is 1.84. The molecule has 0 aliphatic carbocycles. The number of carbonyl (C=O) groups is 1. The van der Waals surface area contributed by atoms with Crippen molar-refractivity contribution in [3.05, 3.63) is 0 Å². The van der Waals surface area contributed by atoms with Crippen molar-refractivity contribution in [1.29, 1.82) is 5.26 Å². The van der Waals surface area contributed by atoms with E-state index in [2.05, 4.69) is 4.74 Å². The van der Waals surface area contributed by atoms with E-state index in [0.29, 0.717) is 0 Å². The van der Waals surface area contributed by atoms with E-state index >= 15 is 0 Å². The zero-order valence-electron chi connectivity index (χ0n) is 4.26. The molecule has 0 saturated carbocycles. The van der Waals surface area contributed by atoms with Crippen LogP contribution < -0.4 is 0 Å². The lowest BCUT2D eigenvalue weighted by Gasteiger charge is -1.85. The Hall–Kier alpha value is -0.880. The molecule has 0 aromatic carbocycles. The minimum atomic E-state index is -0.491. The molecule has 0 aromatic rings. The Balaban J connectivity index is 2.58. The SMILES string of the molecule is N#CC1COCC1=O. The van der Waals surface area contributed by atoms with Gasteiger partial charge in [0.1, 0.15) is 12.5 Å². The molecule has 1 aliphatic heterocycles. The fourth-order valence-electron chi connectivity index (χ4n) is 0.580. The molecule has 0 radical (unpaired) electrons. The van der Waals surface area contributed by atoms with E-state index < -0.39 is 5.92 Å². The number of rotatable bonds is 0. The van der Waals surface area contributed by atoms with Gasteiger partial charge in [0.05, 0.1) is 12.7 Å². The standard InChI is InChI=1S/C5H5NO2/c6-1-4-2-8-3-5(4)7/h4H,2-3H2. The van der Waals surface area contributed by atoms with Crippen LogP contribution in [0.1, 0.15) is 0 Å². The van der Waals surface area contributed by atoms with Crippen LogP contribution in [0.15, 0.2) is 0 Å². The highest BCUT2D eigenvalue weighted by Gasteiger charge is 2.24. The first kappa shape index (κ1) is 5.26. The summed E-state index contributed by atoms with van der Waals surface area (Å²) in [5.74, 6) is -0.581. The molecule has 1 rings (SSSR count). The van der Waals surface area contributed by atoms with Crippen LogP contribution in [-0.2, 0) is 9.53 Å². The van der Waals surface area contributed by atoms with Crippen LogP contribution in [0.5, 0.6) is 0 Å². The molecular weight excluding hydrogens is 106 g/mol. The molecule has 3 nitrogen and oxygen atoms in total. The Morgan fingerprint density at radius 1 is 1.88 bits per heavy atom. The Labute approximate surface area is 46.9 Å². The normalized spacial score (nSPS) is 27.9. The van der Waals surface area contributed by atoms with Gasteiger partial charge in [-0.15, -0.1) is 0 Å². The smallest absolute Gasteiger partial charge is 0.177 e. The van der Waals surface area contributed by atoms with E-state index in [-0.39, 0.29) is 19.0 Å². The van der Waals surface area contributed by atoms with Gasteiger partial charge in [-0.1, -0.05) is 0 Å². The van der Waals surface area contributed by atoms with Gasteiger partial charge in [-0.2, -0.15) is 5.26 Å². The molecule has 1 fully saturated rings. The second kappa shape index (κ2) is 1.93. The van der Waals surface area contributed by atoms with Gasteiger partial charge in [-0.05, 0) is 0 Å². The van der Waals surface area contributed by atoms with Crippen molar-refractivity contribution in [3.63, 3.8) is 0 Å². The summed E-state index contributed by atoms with van der Waals surface area (Å²) in [6.45, 7) is 0.410. The predicted octanol–water partition coefficient (Wildman–Crippen LogP) is -0.275. The van der Waals surface area contributed by atoms with Crippen molar-refractivity contribution in [1.82, 2.24) is 0 Å². The van der Waals surface area contributed by atoms with Gasteiger partial charge in [0.15, 0.2) is 5.78 Å². The lowest BCUT2D eigenvalue weighted by atomic mass is 10.1. The van der Waals surface area contributed by atoms with Gasteiger partial charge >= 0.3 is 0 Å². The lowest BCUT2D eigenvalue weighted by Crippen LogP contribution is -2.07. The van der Waals surface area contributed by atoms with Crippen molar-refractivity contribution in [2.45, 2.75) is 0 Å². The highest BCUT2D eigenvalue weighted by Crippen LogP contribution is 2.05. The summed E-state index contributed by atoms with van der Waals surface area (Å²) < 4.78 is 4.69. The minimum absolute atomic E-state index is 0.0903. The third-order valence-corrected chi connectivity index (χ3v) is 1.07. The van der Waals surface area contributed by atoms with E-state index in [0.717, 1.165) is 0 Å². The van der Waals surface area contributed by atoms with Crippen LogP contribution in [0.25, 0.3) is 0 Å². The molecule has 1 aliphatic rings. The molecule has 1 unspecified atom stereocenters. The Morgan fingerprint density at radius 2 is 2.62 bits per heavy atom. The summed E-state index contributed by atoms with van der Waals surface area (Å²) in [5, 5.41) is 8.19. The van der Waals surface area contributed by atoms with Crippen molar-refractivity contribution < 1.29 is 9.53 Å². The number of hydrogen-bond donors (Lipinski definition) is 0. The molecule has 1 saturated heterocycles. The number of hydrogen-bond acceptors (Lipinski definition) is 3. The van der Waals surface area contributed by atoms with Crippen LogP contribution in [0.4, 0.5) is 0 Å². The summed E-state index contributed by atoms with van der Waals surface area (Å²) in [4.78, 5) is 10.5. The molecule has 0 amide bonds. The maximum absolute atomic E-state index is 10.5. The van der Waals surface area contributed by atoms with Gasteiger partial charge in [0.25, 0.3) is 0 Å². The number of Topliss-reactive ketones (excluding diaryl/α,β-unsaturated/α-hetero) is 1. The largest absolute Gasteiger partial charge is 0.372 e. The topological polar surface area (TPSA) is 50.1 Å². The Bertz CT molecular complexity index is 147. The van der Waals surface area contributed by atoms with Crippen LogP contribution in [0, 0.1) is 17.2 Å². The van der Waals surface area contributed by atoms with Crippen LogP contribution in [0.3, 0.4) is 0 Å². The maximum Gasteiger partial charge on any atom is 0.177 e. The van der Waals surface area contributed by atoms with Gasteiger partial charge in [0.2, 0.25) is 0 Å². The van der Waals surface area contributed by atoms with Gasteiger partial charge in [-0.3, -0.25) is 4.79 Å². The average molecular weight is 111 g/mol. The first-order valence-corrected chi connectivity index (χ1v) is 2.34. The highest BCUT2D eigenvalue weighted by molar-refractivity contribution is 5.86. The van der Waals surface area contributed by atoms with Crippen molar-refractivity contribution in [2.24, 2.45) is 5.92 Å². The second-order valence-electron chi connectivity index (χ2n) is 1.66. The Morgan fingerprint density at radius 3 is 2.88 bits per heavy atom. The third kappa shape index (κ3) is 0.703. The van der Waals surface area contributed by atoms with Crippen molar-refractivity contribution in [3.8, 4) is 6.07 Å². The highest BCUT2D eigenvalue weighted by atomic mass is 16.5. The van der Waals surface area contributed by atoms with Crippen molar-refractivity contribution in [2.75, 3.05) is 13.2 Å². The van der Waals surface area contributed by atoms with E-state index in [1.807, 2.05) is 6.07 Å². The fourth-order valence-corrected chi connectivity index (χ4v) is 0.580. The van der Waals surface area contributed by atoms with Gasteiger partial charge in [-0.25, -0.2) is 0 Å². The first-order chi connectivity index (χ1) is 3.84. The van der Waals surface area contributed by atoms with Crippen LogP contribution in [-0.4, -0.2) is 19.0 Å². The van der Waals surface area contributed by atoms with E-state index in [1.165, 1.54) is 0 Å². The van der Waals surface area contributed by atoms with E-state index in [9.17, 15) is 4.79 Å². The summed E-state index contributed by atoms with van der Waals surface area (Å²) in [6.07, 6.45) is 0. The molecule has 8 heavy (non-hydrogen) atoms. The average Bonchev–Trinajstić information content (AvgIpc) is 2.14. The second-order valence-corrected chi connectivity index (χ2v) is 1.66. The summed E-state index contributed by atoms with van der Waals surface area (Å²) in [5.41, 5.74) is 0. The van der Waals surface area contributed by atoms with E-state index in [1.54, 1.807) is 0 Å². The Kier molecular flexibility index (Phi) is 1.27. The molecule has 0 spiro atoms. The molecular formula is C5H5NO2. The number of nitriles is 1. The number of ketones is 1. The molecule has 1 heterocycles. The lowest BCUT2D eigenvalue weighted by molar-refractivity contribution is -0.119. The number of ether oxygens (including phenoxy) is 1. The molecule has 0 aromatic heterocycles. The maximum atomic E-state index is 10.5. The summed E-state index contributed by atoms with van der Waals surface area (Å²) >= 11 is 0. The summed E-state index contributed by atoms with van der Waals surface area (Å²) in [7, 11) is 0. The fraction of sp³-hybridized carbons (Fsp3) is 0.600. The molecule has 0 bridgehead atoms. The van der Waals surface area contributed by atoms with Gasteiger partial charge in [0, 0.05) is 0 Å².